The van der Waals surface area contributed by atoms with Crippen LogP contribution in [-0.2, 0) is 6.42 Å². The van der Waals surface area contributed by atoms with Crippen molar-refractivity contribution in [2.75, 3.05) is 0 Å². The van der Waals surface area contributed by atoms with Crippen molar-refractivity contribution in [1.82, 2.24) is 10.1 Å². The highest BCUT2D eigenvalue weighted by atomic mass is 35.5. The van der Waals surface area contributed by atoms with Gasteiger partial charge in [-0.15, -0.1) is 0 Å². The molecule has 0 bridgehead atoms. The first kappa shape index (κ1) is 13.4. The summed E-state index contributed by atoms with van der Waals surface area (Å²) in [6, 6.07) is 7.71. The van der Waals surface area contributed by atoms with Crippen LogP contribution in [0.2, 0.25) is 5.02 Å². The Morgan fingerprint density at radius 1 is 1.15 bits per heavy atom. The lowest BCUT2D eigenvalue weighted by Crippen LogP contribution is -1.94. The Morgan fingerprint density at radius 3 is 2.65 bits per heavy atom. The van der Waals surface area contributed by atoms with Crippen molar-refractivity contribution in [1.29, 1.82) is 0 Å². The lowest BCUT2D eigenvalue weighted by atomic mass is 9.95. The Bertz CT molecular complexity index is 593. The molecule has 3 nitrogen and oxygen atoms in total. The monoisotopic (exact) mass is 287 g/mol. The zero-order chi connectivity index (χ0) is 13.8. The fourth-order valence-electron chi connectivity index (χ4n) is 2.35. The number of halogens is 1. The predicted octanol–water partition coefficient (Wildman–Crippen LogP) is 4.48. The number of hydrogen-bond donors (Lipinski definition) is 0. The van der Waals surface area contributed by atoms with Crippen LogP contribution in [0.15, 0.2) is 34.4 Å². The van der Waals surface area contributed by atoms with Crippen molar-refractivity contribution in [2.45, 2.75) is 32.1 Å². The van der Waals surface area contributed by atoms with Crippen molar-refractivity contribution in [3.8, 4) is 0 Å². The van der Waals surface area contributed by atoms with Crippen LogP contribution in [0, 0.1) is 6.42 Å². The molecule has 1 aliphatic rings. The SMILES string of the molecule is Clc1ccc(Cc2noc(C=C3CC[CH]CC3)n2)cc1. The molecule has 3 rings (SSSR count). The Balaban J connectivity index is 1.68. The summed E-state index contributed by atoms with van der Waals surface area (Å²) < 4.78 is 5.29. The summed E-state index contributed by atoms with van der Waals surface area (Å²) in [6.07, 6.45) is 9.54. The van der Waals surface area contributed by atoms with Crippen molar-refractivity contribution in [2.24, 2.45) is 0 Å². The summed E-state index contributed by atoms with van der Waals surface area (Å²) in [4.78, 5) is 4.42. The highest BCUT2D eigenvalue weighted by Crippen LogP contribution is 2.24. The molecule has 20 heavy (non-hydrogen) atoms. The van der Waals surface area contributed by atoms with E-state index in [1.807, 2.05) is 30.3 Å². The van der Waals surface area contributed by atoms with E-state index in [-0.39, 0.29) is 0 Å². The second kappa shape index (κ2) is 6.23. The Kier molecular flexibility index (Phi) is 4.16. The van der Waals surface area contributed by atoms with Gasteiger partial charge in [0, 0.05) is 17.5 Å². The Hall–Kier alpha value is -1.61. The van der Waals surface area contributed by atoms with Gasteiger partial charge in [-0.1, -0.05) is 34.5 Å². The topological polar surface area (TPSA) is 38.9 Å². The number of aromatic nitrogens is 2. The zero-order valence-electron chi connectivity index (χ0n) is 11.2. The molecule has 1 radical (unpaired) electrons. The second-order valence-corrected chi connectivity index (χ2v) is 5.46. The van der Waals surface area contributed by atoms with E-state index < -0.39 is 0 Å². The predicted molar refractivity (Wildman–Crippen MR) is 79.3 cm³/mol. The maximum Gasteiger partial charge on any atom is 0.250 e. The van der Waals surface area contributed by atoms with E-state index in [0.29, 0.717) is 18.1 Å². The first-order chi connectivity index (χ1) is 9.79. The number of hydrogen-bond acceptors (Lipinski definition) is 3. The largest absolute Gasteiger partial charge is 0.335 e. The first-order valence-corrected chi connectivity index (χ1v) is 7.25. The van der Waals surface area contributed by atoms with Gasteiger partial charge in [0.15, 0.2) is 5.82 Å². The van der Waals surface area contributed by atoms with Gasteiger partial charge in [0.25, 0.3) is 5.89 Å². The maximum atomic E-state index is 5.87. The third kappa shape index (κ3) is 3.48. The normalized spacial score (nSPS) is 15.3. The highest BCUT2D eigenvalue weighted by molar-refractivity contribution is 6.30. The number of allylic oxidation sites excluding steroid dienone is 1. The summed E-state index contributed by atoms with van der Waals surface area (Å²) in [7, 11) is 0. The molecule has 0 aliphatic heterocycles. The van der Waals surface area contributed by atoms with Gasteiger partial charge >= 0.3 is 0 Å². The van der Waals surface area contributed by atoms with Gasteiger partial charge in [0.2, 0.25) is 0 Å². The third-order valence-corrected chi connectivity index (χ3v) is 3.68. The van der Waals surface area contributed by atoms with E-state index in [2.05, 4.69) is 16.6 Å². The van der Waals surface area contributed by atoms with Crippen LogP contribution in [0.1, 0.15) is 43.0 Å². The molecule has 0 saturated heterocycles. The van der Waals surface area contributed by atoms with E-state index in [1.54, 1.807) is 0 Å². The second-order valence-electron chi connectivity index (χ2n) is 5.02. The summed E-state index contributed by atoms with van der Waals surface area (Å²) in [5.41, 5.74) is 2.52. The molecular weight excluding hydrogens is 272 g/mol. The maximum absolute atomic E-state index is 5.87. The molecule has 0 N–H and O–H groups in total. The van der Waals surface area contributed by atoms with Crippen LogP contribution in [0.25, 0.3) is 6.08 Å². The highest BCUT2D eigenvalue weighted by Gasteiger charge is 2.09. The lowest BCUT2D eigenvalue weighted by molar-refractivity contribution is 0.403. The minimum Gasteiger partial charge on any atom is -0.335 e. The Morgan fingerprint density at radius 2 is 1.90 bits per heavy atom. The van der Waals surface area contributed by atoms with E-state index in [9.17, 15) is 0 Å². The molecule has 0 spiro atoms. The van der Waals surface area contributed by atoms with Crippen LogP contribution < -0.4 is 0 Å². The standard InChI is InChI=1S/C16H16ClN2O/c17-14-8-6-13(7-9-14)10-15-18-16(20-19-15)11-12-4-2-1-3-5-12/h1,6-9,11H,2-5,10H2. The van der Waals surface area contributed by atoms with E-state index >= 15 is 0 Å². The number of nitrogens with zero attached hydrogens (tertiary/aromatic N) is 2. The van der Waals surface area contributed by atoms with Crippen LogP contribution in [-0.4, -0.2) is 10.1 Å². The van der Waals surface area contributed by atoms with Gasteiger partial charge in [-0.2, -0.15) is 4.98 Å². The molecule has 0 atom stereocenters. The van der Waals surface area contributed by atoms with E-state index in [0.717, 1.165) is 36.3 Å². The Labute approximate surface area is 123 Å². The number of benzene rings is 1. The van der Waals surface area contributed by atoms with Gasteiger partial charge in [-0.25, -0.2) is 0 Å². The average molecular weight is 288 g/mol. The molecule has 1 heterocycles. The summed E-state index contributed by atoms with van der Waals surface area (Å²) >= 11 is 5.87. The molecule has 2 aromatic rings. The fraction of sp³-hybridized carbons (Fsp3) is 0.312. The molecule has 103 valence electrons. The molecule has 0 amide bonds. The van der Waals surface area contributed by atoms with Crippen molar-refractivity contribution < 1.29 is 4.52 Å². The molecule has 1 aromatic heterocycles. The van der Waals surface area contributed by atoms with Gasteiger partial charge < -0.3 is 4.52 Å². The van der Waals surface area contributed by atoms with Crippen LogP contribution in [0.4, 0.5) is 0 Å². The summed E-state index contributed by atoms with van der Waals surface area (Å²) in [5.74, 6) is 1.33. The molecule has 0 unspecified atom stereocenters. The molecular formula is C16H16ClN2O. The summed E-state index contributed by atoms with van der Waals surface area (Å²) in [6.45, 7) is 0. The van der Waals surface area contributed by atoms with Crippen LogP contribution in [0.3, 0.4) is 0 Å². The van der Waals surface area contributed by atoms with Gasteiger partial charge in [0.1, 0.15) is 0 Å². The van der Waals surface area contributed by atoms with Crippen molar-refractivity contribution >= 4 is 17.7 Å². The summed E-state index contributed by atoms with van der Waals surface area (Å²) in [5, 5.41) is 4.77. The van der Waals surface area contributed by atoms with Crippen molar-refractivity contribution in [3.05, 3.63) is 58.6 Å². The molecule has 1 aliphatic carbocycles. The minimum absolute atomic E-state index is 0.617. The number of rotatable bonds is 3. The molecule has 1 aromatic carbocycles. The lowest BCUT2D eigenvalue weighted by Gasteiger charge is -2.11. The van der Waals surface area contributed by atoms with E-state index in [4.69, 9.17) is 16.1 Å². The van der Waals surface area contributed by atoms with Gasteiger partial charge in [-0.3, -0.25) is 0 Å². The first-order valence-electron chi connectivity index (χ1n) is 6.88. The van der Waals surface area contributed by atoms with Gasteiger partial charge in [0.05, 0.1) is 0 Å². The molecule has 1 saturated carbocycles. The molecule has 1 fully saturated rings. The van der Waals surface area contributed by atoms with Crippen molar-refractivity contribution in [3.63, 3.8) is 0 Å². The van der Waals surface area contributed by atoms with Crippen LogP contribution >= 0.6 is 11.6 Å². The zero-order valence-corrected chi connectivity index (χ0v) is 11.9. The fourth-order valence-corrected chi connectivity index (χ4v) is 2.47. The quantitative estimate of drug-likeness (QED) is 0.836. The average Bonchev–Trinajstić information content (AvgIpc) is 2.90. The molecule has 4 heteroatoms. The van der Waals surface area contributed by atoms with Crippen LogP contribution in [0.5, 0.6) is 0 Å². The van der Waals surface area contributed by atoms with E-state index in [1.165, 1.54) is 5.57 Å². The third-order valence-electron chi connectivity index (χ3n) is 3.43. The van der Waals surface area contributed by atoms with Gasteiger partial charge in [-0.05, 0) is 49.8 Å². The smallest absolute Gasteiger partial charge is 0.250 e. The minimum atomic E-state index is 0.617.